The van der Waals surface area contributed by atoms with Crippen LogP contribution in [-0.2, 0) is 18.4 Å². The van der Waals surface area contributed by atoms with E-state index in [1.54, 1.807) is 0 Å². The van der Waals surface area contributed by atoms with Gasteiger partial charge in [-0.25, -0.2) is 0 Å². The Kier molecular flexibility index (Phi) is 4.12. The number of hydrogen-bond donors (Lipinski definition) is 0. The van der Waals surface area contributed by atoms with Crippen LogP contribution >= 0.6 is 0 Å². The minimum atomic E-state index is -0.193. The fourth-order valence-electron chi connectivity index (χ4n) is 9.40. The predicted molar refractivity (Wildman–Crippen MR) is 177 cm³/mol. The molecule has 44 heavy (non-hydrogen) atoms. The van der Waals surface area contributed by atoms with E-state index >= 15 is 0 Å². The van der Waals surface area contributed by atoms with Crippen LogP contribution in [0.4, 0.5) is 0 Å². The SMILES string of the molecule is C=C1[n+]2ccccc2-c2cc3c4cccc5c6ccccc6n(c3cc2CCC2c3ccccc3-c3cccc6[n+]3C12C6)c54. The summed E-state index contributed by atoms with van der Waals surface area (Å²) in [5, 5.41) is 5.31. The molecule has 3 nitrogen and oxygen atoms in total. The van der Waals surface area contributed by atoms with Crippen molar-refractivity contribution in [3.8, 4) is 22.5 Å². The van der Waals surface area contributed by atoms with Crippen LogP contribution in [0.15, 0.2) is 128 Å². The standard InChI is InChI=1S/C41H29N3/c1-25-41-24-27-10-8-18-38(44(27)41)29-12-3-2-11-28(29)35(41)20-19-26-22-39-34(23-33(26)36-16-6-7-21-42(25)36)32-15-9-14-31-30-13-4-5-17-37(30)43(39)40(31)32/h2-18,21-23,35H,1,19-20,24H2/q+2. The molecule has 0 bridgehead atoms. The van der Waals surface area contributed by atoms with Crippen LogP contribution in [-0.4, -0.2) is 4.40 Å². The number of fused-ring (bicyclic) bond motifs is 12. The first-order valence-corrected chi connectivity index (χ1v) is 15.8. The summed E-state index contributed by atoms with van der Waals surface area (Å²) in [5.41, 5.74) is 14.4. The number of pyridine rings is 2. The highest BCUT2D eigenvalue weighted by Gasteiger charge is 2.67. The summed E-state index contributed by atoms with van der Waals surface area (Å²) in [4.78, 5) is 0. The monoisotopic (exact) mass is 563 g/mol. The van der Waals surface area contributed by atoms with E-state index in [2.05, 4.69) is 135 Å². The Balaban J connectivity index is 1.24. The topological polar surface area (TPSA) is 12.2 Å². The van der Waals surface area contributed by atoms with Crippen LogP contribution < -0.4 is 9.13 Å². The molecule has 4 aromatic carbocycles. The summed E-state index contributed by atoms with van der Waals surface area (Å²) in [6.45, 7) is 4.94. The second kappa shape index (κ2) is 7.81. The Bertz CT molecular complexity index is 2570. The van der Waals surface area contributed by atoms with Gasteiger partial charge < -0.3 is 4.40 Å². The van der Waals surface area contributed by atoms with Crippen LogP contribution in [0.5, 0.6) is 0 Å². The van der Waals surface area contributed by atoms with Gasteiger partial charge >= 0.3 is 0 Å². The molecule has 0 amide bonds. The molecular weight excluding hydrogens is 534 g/mol. The van der Waals surface area contributed by atoms with Crippen LogP contribution in [0.1, 0.15) is 29.2 Å². The molecule has 1 spiro atoms. The third-order valence-corrected chi connectivity index (χ3v) is 11.2. The van der Waals surface area contributed by atoms with Crippen molar-refractivity contribution in [3.63, 3.8) is 0 Å². The second-order valence-corrected chi connectivity index (χ2v) is 13.0. The van der Waals surface area contributed by atoms with Gasteiger partial charge in [0, 0.05) is 51.4 Å². The smallest absolute Gasteiger partial charge is 0.267 e. The van der Waals surface area contributed by atoms with E-state index in [-0.39, 0.29) is 5.54 Å². The number of hydrogen-bond acceptors (Lipinski definition) is 0. The fraction of sp³-hybridized carbons (Fsp3) is 0.122. The first kappa shape index (κ1) is 23.2. The van der Waals surface area contributed by atoms with Gasteiger partial charge in [-0.1, -0.05) is 54.6 Å². The lowest BCUT2D eigenvalue weighted by Crippen LogP contribution is -2.76. The quantitative estimate of drug-likeness (QED) is 0.165. The zero-order chi connectivity index (χ0) is 28.7. The maximum absolute atomic E-state index is 4.94. The largest absolute Gasteiger partial charge is 0.308 e. The van der Waals surface area contributed by atoms with E-state index in [9.17, 15) is 0 Å². The molecule has 0 fully saturated rings. The van der Waals surface area contributed by atoms with Gasteiger partial charge in [-0.3, -0.25) is 0 Å². The van der Waals surface area contributed by atoms with E-state index in [4.69, 9.17) is 6.58 Å². The zero-order valence-corrected chi connectivity index (χ0v) is 24.3. The van der Waals surface area contributed by atoms with Crippen LogP contribution in [0.2, 0.25) is 0 Å². The van der Waals surface area contributed by atoms with E-state index < -0.39 is 0 Å². The summed E-state index contributed by atoms with van der Waals surface area (Å²) < 4.78 is 7.55. The molecule has 3 aliphatic rings. The third-order valence-electron chi connectivity index (χ3n) is 11.2. The van der Waals surface area contributed by atoms with Gasteiger partial charge in [0.25, 0.3) is 11.2 Å². The Morgan fingerprint density at radius 2 is 1.45 bits per heavy atom. The number of nitrogens with zero attached hydrogens (tertiary/aromatic N) is 3. The summed E-state index contributed by atoms with van der Waals surface area (Å²) in [5.74, 6) is 0.328. The maximum Gasteiger partial charge on any atom is 0.267 e. The minimum Gasteiger partial charge on any atom is -0.308 e. The maximum atomic E-state index is 4.94. The van der Waals surface area contributed by atoms with Crippen molar-refractivity contribution in [2.45, 2.75) is 30.7 Å². The molecule has 0 radical (unpaired) electrons. The lowest BCUT2D eigenvalue weighted by Gasteiger charge is -2.45. The van der Waals surface area contributed by atoms with Crippen molar-refractivity contribution >= 4 is 43.8 Å². The van der Waals surface area contributed by atoms with Crippen molar-refractivity contribution in [2.24, 2.45) is 0 Å². The van der Waals surface area contributed by atoms with E-state index in [0.717, 1.165) is 19.3 Å². The van der Waals surface area contributed by atoms with Crippen LogP contribution in [0.3, 0.4) is 0 Å². The van der Waals surface area contributed by atoms with Crippen molar-refractivity contribution < 1.29 is 9.13 Å². The van der Waals surface area contributed by atoms with Gasteiger partial charge in [0.05, 0.1) is 28.0 Å². The molecule has 7 heterocycles. The molecule has 3 heteroatoms. The molecular formula is C41H29N3+2. The first-order valence-electron chi connectivity index (χ1n) is 15.8. The minimum absolute atomic E-state index is 0.193. The van der Waals surface area contributed by atoms with Gasteiger partial charge in [0.1, 0.15) is 6.42 Å². The molecule has 206 valence electrons. The van der Waals surface area contributed by atoms with Crippen LogP contribution in [0.25, 0.3) is 66.3 Å². The summed E-state index contributed by atoms with van der Waals surface area (Å²) >= 11 is 0. The molecule has 8 aromatic rings. The van der Waals surface area contributed by atoms with Gasteiger partial charge in [-0.15, -0.1) is 0 Å². The molecule has 0 saturated carbocycles. The Labute approximate surface area is 254 Å². The highest BCUT2D eigenvalue weighted by atomic mass is 15.2. The van der Waals surface area contributed by atoms with Crippen LogP contribution in [0, 0.1) is 0 Å². The number of benzene rings is 4. The van der Waals surface area contributed by atoms with Crippen molar-refractivity contribution in [2.75, 3.05) is 0 Å². The molecule has 0 saturated heterocycles. The number of para-hydroxylation sites is 2. The summed E-state index contributed by atoms with van der Waals surface area (Å²) in [7, 11) is 0. The highest BCUT2D eigenvalue weighted by Crippen LogP contribution is 2.53. The zero-order valence-electron chi connectivity index (χ0n) is 24.3. The molecule has 0 N–H and O–H groups in total. The second-order valence-electron chi connectivity index (χ2n) is 13.0. The van der Waals surface area contributed by atoms with E-state index in [1.165, 1.54) is 83.1 Å². The molecule has 4 aromatic heterocycles. The molecule has 2 atom stereocenters. The first-order chi connectivity index (χ1) is 21.7. The number of allylic oxidation sites excluding steroid dienone is 1. The molecule has 0 aliphatic carbocycles. The number of aromatic nitrogens is 3. The molecule has 2 unspecified atom stereocenters. The summed E-state index contributed by atoms with van der Waals surface area (Å²) in [6, 6.07) is 43.2. The van der Waals surface area contributed by atoms with Gasteiger partial charge in [0.2, 0.25) is 11.4 Å². The van der Waals surface area contributed by atoms with Crippen molar-refractivity contribution in [3.05, 3.63) is 145 Å². The predicted octanol–water partition coefficient (Wildman–Crippen LogP) is 8.21. The van der Waals surface area contributed by atoms with Gasteiger partial charge in [0.15, 0.2) is 11.9 Å². The number of aryl methyl sites for hydroxylation is 1. The Hall–Kier alpha value is -5.28. The Morgan fingerprint density at radius 1 is 0.682 bits per heavy atom. The third kappa shape index (κ3) is 2.54. The van der Waals surface area contributed by atoms with Crippen molar-refractivity contribution in [1.29, 1.82) is 0 Å². The van der Waals surface area contributed by atoms with E-state index in [0.29, 0.717) is 5.92 Å². The lowest BCUT2D eigenvalue weighted by molar-refractivity contribution is -0.809. The van der Waals surface area contributed by atoms with Gasteiger partial charge in [-0.05, 0) is 66.9 Å². The van der Waals surface area contributed by atoms with Crippen molar-refractivity contribution in [1.82, 2.24) is 4.40 Å². The number of rotatable bonds is 0. The lowest BCUT2D eigenvalue weighted by atomic mass is 9.63. The van der Waals surface area contributed by atoms with Gasteiger partial charge in [-0.2, -0.15) is 9.13 Å². The summed E-state index contributed by atoms with van der Waals surface area (Å²) in [6.07, 6.45) is 5.31. The Morgan fingerprint density at radius 3 is 2.41 bits per heavy atom. The normalized spacial score (nSPS) is 19.9. The fourth-order valence-corrected chi connectivity index (χ4v) is 9.40. The molecule has 3 aliphatic heterocycles. The average Bonchev–Trinajstić information content (AvgIpc) is 3.58. The average molecular weight is 564 g/mol. The van der Waals surface area contributed by atoms with E-state index in [1.807, 2.05) is 0 Å². The molecule has 11 rings (SSSR count). The highest BCUT2D eigenvalue weighted by molar-refractivity contribution is 6.23.